The van der Waals surface area contributed by atoms with Gasteiger partial charge in [-0.05, 0) is 0 Å². The first-order valence-electron chi connectivity index (χ1n) is 10.6. The minimum atomic E-state index is -10.6. The van der Waals surface area contributed by atoms with Crippen molar-refractivity contribution in [1.82, 2.24) is 0 Å². The molecular formula is C15F33O4P. The Bertz CT molecular complexity index is 1200. The third-order valence-electron chi connectivity index (χ3n) is 5.21. The molecular weight excluding hydrogens is 902 g/mol. The first kappa shape index (κ1) is 50.8. The van der Waals surface area contributed by atoms with E-state index in [9.17, 15) is 149 Å². The summed E-state index contributed by atoms with van der Waals surface area (Å²) in [6.07, 6.45) is -52.6. The SMILES string of the molecule is O=P(OC(F)(F)C(F)(F)C(F)(F)C(F)(F)C(F)(F)F)(OC(F)(F)C(F)(F)C(F)(F)C(F)(F)C(F)(F)F)OC(F)(F)C(F)(F)C(F)(F)C(F)(F)C(F)(F)F. The number of phosphoric ester groups is 1. The van der Waals surface area contributed by atoms with E-state index < -0.39 is 98.0 Å². The molecule has 320 valence electrons. The van der Waals surface area contributed by atoms with E-state index in [1.54, 1.807) is 0 Å². The van der Waals surface area contributed by atoms with Gasteiger partial charge in [-0.1, -0.05) is 0 Å². The predicted octanol–water partition coefficient (Wildman–Crippen LogP) is 11.3. The zero-order chi connectivity index (χ0) is 44.1. The Kier molecular flexibility index (Phi) is 12.1. The van der Waals surface area contributed by atoms with Crippen LogP contribution in [-0.4, -0.2) is 90.2 Å². The molecule has 0 fully saturated rings. The van der Waals surface area contributed by atoms with Crippen molar-refractivity contribution in [3.63, 3.8) is 0 Å². The quantitative estimate of drug-likeness (QED) is 0.121. The monoisotopic (exact) mass is 902 g/mol. The second-order valence-electron chi connectivity index (χ2n) is 8.93. The maximum absolute atomic E-state index is 13.8. The minimum Gasteiger partial charge on any atom is -0.227 e. The van der Waals surface area contributed by atoms with Crippen LogP contribution in [0.25, 0.3) is 0 Å². The summed E-state index contributed by atoms with van der Waals surface area (Å²) in [6, 6.07) is 0. The number of phosphoric acid groups is 1. The van der Waals surface area contributed by atoms with Crippen molar-refractivity contribution in [2.45, 2.75) is 90.2 Å². The Morgan fingerprint density at radius 2 is 0.358 bits per heavy atom. The summed E-state index contributed by atoms with van der Waals surface area (Å²) < 4.78 is 446. The molecule has 0 atom stereocenters. The molecule has 0 aliphatic heterocycles. The van der Waals surface area contributed by atoms with Crippen molar-refractivity contribution in [1.29, 1.82) is 0 Å². The summed E-state index contributed by atoms with van der Waals surface area (Å²) in [4.78, 5) is 0. The summed E-state index contributed by atoms with van der Waals surface area (Å²) >= 11 is 0. The van der Waals surface area contributed by atoms with Gasteiger partial charge in [0, 0.05) is 0 Å². The highest BCUT2D eigenvalue weighted by molar-refractivity contribution is 7.48. The molecule has 0 N–H and O–H groups in total. The molecule has 0 bridgehead atoms. The van der Waals surface area contributed by atoms with Crippen LogP contribution in [0.3, 0.4) is 0 Å². The molecule has 0 heterocycles. The summed E-state index contributed by atoms with van der Waals surface area (Å²) in [7, 11) is -10.6. The van der Waals surface area contributed by atoms with Gasteiger partial charge in [0.05, 0.1) is 0 Å². The van der Waals surface area contributed by atoms with Crippen molar-refractivity contribution in [2.75, 3.05) is 0 Å². The van der Waals surface area contributed by atoms with E-state index in [-0.39, 0.29) is 0 Å². The van der Waals surface area contributed by atoms with Crippen LogP contribution < -0.4 is 0 Å². The van der Waals surface area contributed by atoms with E-state index in [0.717, 1.165) is 13.6 Å². The van der Waals surface area contributed by atoms with Gasteiger partial charge in [0.15, 0.2) is 0 Å². The summed E-state index contributed by atoms with van der Waals surface area (Å²) in [6.45, 7) is 0. The molecule has 0 aromatic heterocycles. The van der Waals surface area contributed by atoms with Gasteiger partial charge in [0.2, 0.25) is 0 Å². The smallest absolute Gasteiger partial charge is 0.227 e. The maximum atomic E-state index is 13.8. The first-order chi connectivity index (χ1) is 22.1. The number of hydrogen-bond acceptors (Lipinski definition) is 4. The minimum absolute atomic E-state index is 0.989. The average Bonchev–Trinajstić information content (AvgIpc) is 2.84. The molecule has 0 spiro atoms. The zero-order valence-corrected chi connectivity index (χ0v) is 22.9. The van der Waals surface area contributed by atoms with Crippen LogP contribution in [0.1, 0.15) is 0 Å². The first-order valence-corrected chi connectivity index (χ1v) is 12.0. The highest BCUT2D eigenvalue weighted by Gasteiger charge is 2.93. The van der Waals surface area contributed by atoms with Crippen molar-refractivity contribution in [3.05, 3.63) is 0 Å². The number of alkyl halides is 33. The summed E-state index contributed by atoms with van der Waals surface area (Å²) in [5, 5.41) is 0. The predicted molar refractivity (Wildman–Crippen MR) is 88.4 cm³/mol. The van der Waals surface area contributed by atoms with Crippen LogP contribution in [0, 0.1) is 0 Å². The fraction of sp³-hybridized carbons (Fsp3) is 1.00. The Hall–Kier alpha value is -2.20. The average molecular weight is 902 g/mol. The van der Waals surface area contributed by atoms with Crippen LogP contribution in [0.5, 0.6) is 0 Å². The Balaban J connectivity index is 8.02. The van der Waals surface area contributed by atoms with Gasteiger partial charge in [-0.2, -0.15) is 145 Å². The van der Waals surface area contributed by atoms with Gasteiger partial charge in [-0.25, -0.2) is 18.1 Å². The van der Waals surface area contributed by atoms with E-state index >= 15 is 0 Å². The van der Waals surface area contributed by atoms with Gasteiger partial charge < -0.3 is 0 Å². The molecule has 0 aliphatic rings. The van der Waals surface area contributed by atoms with Crippen LogP contribution in [0.15, 0.2) is 0 Å². The lowest BCUT2D eigenvalue weighted by atomic mass is 10.0. The van der Waals surface area contributed by atoms with Crippen LogP contribution in [0.4, 0.5) is 145 Å². The number of halogens is 33. The van der Waals surface area contributed by atoms with Crippen molar-refractivity contribution in [3.8, 4) is 0 Å². The van der Waals surface area contributed by atoms with E-state index in [0.29, 0.717) is 0 Å². The third kappa shape index (κ3) is 7.42. The van der Waals surface area contributed by atoms with Crippen LogP contribution in [-0.2, 0) is 18.1 Å². The molecule has 0 unspecified atom stereocenters. The lowest BCUT2D eigenvalue weighted by molar-refractivity contribution is -0.462. The highest BCUT2D eigenvalue weighted by Crippen LogP contribution is 2.70. The molecule has 0 aromatic carbocycles. The number of hydrogen-bond donors (Lipinski definition) is 0. The standard InChI is InChI=1S/C15F33O4P/c16-1(17,4(22,23)10(34,35)36)7(28,29)13(43,44)50-53(49,51-14(45,46)8(30,31)2(18,19)5(24,25)11(37,38)39)52-15(47,48)9(32,33)3(20,21)6(26,27)12(40,41)42. The normalized spacial score (nSPS) is 17.1. The van der Waals surface area contributed by atoms with Gasteiger partial charge in [-0.15, -0.1) is 0 Å². The van der Waals surface area contributed by atoms with Crippen molar-refractivity contribution in [2.24, 2.45) is 0 Å². The van der Waals surface area contributed by atoms with Crippen LogP contribution in [0.2, 0.25) is 0 Å². The summed E-state index contributed by atoms with van der Waals surface area (Å²) in [5.41, 5.74) is 0. The molecule has 0 rings (SSSR count). The lowest BCUT2D eigenvalue weighted by Gasteiger charge is -2.40. The largest absolute Gasteiger partial charge is 0.489 e. The van der Waals surface area contributed by atoms with Gasteiger partial charge >= 0.3 is 98.0 Å². The van der Waals surface area contributed by atoms with Crippen molar-refractivity contribution < 1.29 is 163 Å². The van der Waals surface area contributed by atoms with Gasteiger partial charge in [0.1, 0.15) is 0 Å². The Morgan fingerprint density at radius 1 is 0.226 bits per heavy atom. The molecule has 53 heavy (non-hydrogen) atoms. The molecule has 4 nitrogen and oxygen atoms in total. The fourth-order valence-corrected chi connectivity index (χ4v) is 3.62. The van der Waals surface area contributed by atoms with Gasteiger partial charge in [-0.3, -0.25) is 0 Å². The lowest BCUT2D eigenvalue weighted by Crippen LogP contribution is -2.68. The van der Waals surface area contributed by atoms with E-state index in [4.69, 9.17) is 0 Å². The molecule has 0 saturated carbocycles. The highest BCUT2D eigenvalue weighted by atomic mass is 31.2. The fourth-order valence-electron chi connectivity index (χ4n) is 2.32. The van der Waals surface area contributed by atoms with E-state index in [1.807, 2.05) is 0 Å². The Morgan fingerprint density at radius 3 is 0.472 bits per heavy atom. The maximum Gasteiger partial charge on any atom is 0.489 e. The molecule has 38 heteroatoms. The second-order valence-corrected chi connectivity index (χ2v) is 10.4. The molecule has 0 saturated heterocycles. The summed E-state index contributed by atoms with van der Waals surface area (Å²) in [5.74, 6) is -81.9. The Labute approximate surface area is 262 Å². The van der Waals surface area contributed by atoms with Gasteiger partial charge in [0.25, 0.3) is 0 Å². The molecule has 0 aliphatic carbocycles. The van der Waals surface area contributed by atoms with Crippen LogP contribution >= 0.6 is 7.82 Å². The molecule has 0 radical (unpaired) electrons. The molecule has 0 aromatic rings. The second kappa shape index (κ2) is 12.7. The number of rotatable bonds is 15. The van der Waals surface area contributed by atoms with E-state index in [2.05, 4.69) is 0 Å². The van der Waals surface area contributed by atoms with Crippen molar-refractivity contribution >= 4 is 7.82 Å². The zero-order valence-electron chi connectivity index (χ0n) is 22.1. The third-order valence-corrected chi connectivity index (χ3v) is 6.57. The topological polar surface area (TPSA) is 44.8 Å². The molecule has 0 amide bonds. The van der Waals surface area contributed by atoms with E-state index in [1.165, 1.54) is 0 Å².